The van der Waals surface area contributed by atoms with Crippen LogP contribution in [0.5, 0.6) is 0 Å². The fourth-order valence-corrected chi connectivity index (χ4v) is 3.35. The Morgan fingerprint density at radius 1 is 1.17 bits per heavy atom. The van der Waals surface area contributed by atoms with Crippen molar-refractivity contribution >= 4 is 23.4 Å². The van der Waals surface area contributed by atoms with Gasteiger partial charge >= 0.3 is 6.03 Å². The molecule has 2 aromatic rings. The lowest BCUT2D eigenvalue weighted by Crippen LogP contribution is -2.48. The molecule has 0 saturated carbocycles. The third kappa shape index (κ3) is 5.78. The Morgan fingerprint density at radius 2 is 1.93 bits per heavy atom. The van der Waals surface area contributed by atoms with Crippen LogP contribution in [0, 0.1) is 6.92 Å². The molecule has 2 amide bonds. The fraction of sp³-hybridized carbons (Fsp3) is 0.450. The maximum atomic E-state index is 12.5. The number of carbonyl (C=O) groups excluding carboxylic acids is 1. The first-order chi connectivity index (χ1) is 14.1. The molecule has 0 spiro atoms. The lowest BCUT2D eigenvalue weighted by Gasteiger charge is -2.35. The maximum Gasteiger partial charge on any atom is 0.326 e. The van der Waals surface area contributed by atoms with Crippen LogP contribution in [0.2, 0.25) is 0 Å². The molecule has 1 aromatic carbocycles. The van der Waals surface area contributed by atoms with E-state index >= 15 is 0 Å². The second-order valence-electron chi connectivity index (χ2n) is 7.16. The highest BCUT2D eigenvalue weighted by Gasteiger charge is 2.19. The summed E-state index contributed by atoms with van der Waals surface area (Å²) in [6, 6.07) is 7.00. The van der Waals surface area contributed by atoms with Crippen LogP contribution in [0.4, 0.5) is 22.1 Å². The molecule has 29 heavy (non-hydrogen) atoms. The standard InChI is InChI=1S/C20H29N7O2/c1-15-6-2-3-7-16(15)23-20(29)25-19-22-14-17(18(28)24-19)27-12-10-26(11-13-27)9-5-4-8-21/h2-3,6-7,14H,4-5,8-13,21H2,1H3,(H3,22,23,24,25,28,29). The molecule has 2 heterocycles. The minimum atomic E-state index is -0.457. The van der Waals surface area contributed by atoms with Gasteiger partial charge in [-0.25, -0.2) is 4.79 Å². The van der Waals surface area contributed by atoms with Crippen molar-refractivity contribution in [1.29, 1.82) is 0 Å². The number of H-pyrrole nitrogens is 1. The minimum Gasteiger partial charge on any atom is -0.363 e. The highest BCUT2D eigenvalue weighted by Crippen LogP contribution is 2.14. The summed E-state index contributed by atoms with van der Waals surface area (Å²) in [7, 11) is 0. The zero-order chi connectivity index (χ0) is 20.6. The second-order valence-corrected chi connectivity index (χ2v) is 7.16. The van der Waals surface area contributed by atoms with Gasteiger partial charge in [0, 0.05) is 38.1 Å². The Balaban J connectivity index is 1.54. The number of anilines is 3. The van der Waals surface area contributed by atoms with Crippen LogP contribution in [0.1, 0.15) is 18.4 Å². The Morgan fingerprint density at radius 3 is 2.62 bits per heavy atom. The Bertz CT molecular complexity index is 875. The topological polar surface area (TPSA) is 119 Å². The number of nitrogens with two attached hydrogens (primary N) is 1. The van der Waals surface area contributed by atoms with Crippen LogP contribution in [0.15, 0.2) is 35.3 Å². The number of hydrogen-bond donors (Lipinski definition) is 4. The third-order valence-corrected chi connectivity index (χ3v) is 5.04. The van der Waals surface area contributed by atoms with Crippen LogP contribution in [0.25, 0.3) is 0 Å². The molecule has 0 bridgehead atoms. The van der Waals surface area contributed by atoms with E-state index in [9.17, 15) is 9.59 Å². The quantitative estimate of drug-likeness (QED) is 0.525. The van der Waals surface area contributed by atoms with Gasteiger partial charge in [0.15, 0.2) is 0 Å². The fourth-order valence-electron chi connectivity index (χ4n) is 3.35. The van der Waals surface area contributed by atoms with Gasteiger partial charge in [0.25, 0.3) is 5.56 Å². The van der Waals surface area contributed by atoms with E-state index in [0.717, 1.165) is 57.7 Å². The van der Waals surface area contributed by atoms with E-state index in [1.54, 1.807) is 6.20 Å². The van der Waals surface area contributed by atoms with Crippen molar-refractivity contribution in [2.45, 2.75) is 19.8 Å². The summed E-state index contributed by atoms with van der Waals surface area (Å²) >= 11 is 0. The molecule has 5 N–H and O–H groups in total. The number of para-hydroxylation sites is 1. The smallest absolute Gasteiger partial charge is 0.326 e. The van der Waals surface area contributed by atoms with Gasteiger partial charge in [0.1, 0.15) is 5.69 Å². The summed E-state index contributed by atoms with van der Waals surface area (Å²) in [5.41, 5.74) is 7.36. The number of amides is 2. The first kappa shape index (κ1) is 20.8. The molecular formula is C20H29N7O2. The van der Waals surface area contributed by atoms with E-state index in [2.05, 4.69) is 25.5 Å². The first-order valence-electron chi connectivity index (χ1n) is 9.97. The number of nitrogens with zero attached hydrogens (tertiary/aromatic N) is 3. The van der Waals surface area contributed by atoms with Crippen molar-refractivity contribution in [2.24, 2.45) is 5.73 Å². The average molecular weight is 399 g/mol. The lowest BCUT2D eigenvalue weighted by atomic mass is 10.2. The maximum absolute atomic E-state index is 12.5. The molecule has 1 aromatic heterocycles. The van der Waals surface area contributed by atoms with E-state index in [0.29, 0.717) is 11.4 Å². The monoisotopic (exact) mass is 399 g/mol. The molecule has 156 valence electrons. The van der Waals surface area contributed by atoms with Gasteiger partial charge in [0.05, 0.1) is 0 Å². The van der Waals surface area contributed by atoms with E-state index in [-0.39, 0.29) is 11.5 Å². The van der Waals surface area contributed by atoms with Crippen LogP contribution in [0.3, 0.4) is 0 Å². The molecule has 0 radical (unpaired) electrons. The number of nitrogens with one attached hydrogen (secondary N) is 3. The minimum absolute atomic E-state index is 0.116. The van der Waals surface area contributed by atoms with Crippen molar-refractivity contribution in [1.82, 2.24) is 14.9 Å². The molecule has 1 fully saturated rings. The van der Waals surface area contributed by atoms with Gasteiger partial charge in [-0.2, -0.15) is 4.98 Å². The van der Waals surface area contributed by atoms with Crippen molar-refractivity contribution in [3.05, 3.63) is 46.4 Å². The highest BCUT2D eigenvalue weighted by atomic mass is 16.2. The average Bonchev–Trinajstić information content (AvgIpc) is 2.71. The summed E-state index contributed by atoms with van der Waals surface area (Å²) < 4.78 is 0. The Hall–Kier alpha value is -2.91. The number of benzene rings is 1. The Labute approximate surface area is 170 Å². The van der Waals surface area contributed by atoms with Crippen molar-refractivity contribution < 1.29 is 4.79 Å². The predicted molar refractivity (Wildman–Crippen MR) is 116 cm³/mol. The summed E-state index contributed by atoms with van der Waals surface area (Å²) in [5.74, 6) is 0.116. The number of hydrogen-bond acceptors (Lipinski definition) is 6. The molecule has 9 heteroatoms. The lowest BCUT2D eigenvalue weighted by molar-refractivity contribution is 0.253. The Kier molecular flexibility index (Phi) is 7.20. The number of rotatable bonds is 7. The van der Waals surface area contributed by atoms with Crippen molar-refractivity contribution in [2.75, 3.05) is 54.8 Å². The number of aromatic nitrogens is 2. The number of carbonyl (C=O) groups is 1. The van der Waals surface area contributed by atoms with E-state index in [1.165, 1.54) is 0 Å². The van der Waals surface area contributed by atoms with E-state index in [1.807, 2.05) is 36.1 Å². The van der Waals surface area contributed by atoms with Gasteiger partial charge in [-0.3, -0.25) is 15.0 Å². The number of piperazine rings is 1. The molecule has 1 aliphatic rings. The molecule has 0 atom stereocenters. The van der Waals surface area contributed by atoms with Gasteiger partial charge < -0.3 is 20.9 Å². The van der Waals surface area contributed by atoms with Crippen molar-refractivity contribution in [3.8, 4) is 0 Å². The van der Waals surface area contributed by atoms with Crippen LogP contribution in [-0.2, 0) is 0 Å². The number of aromatic amines is 1. The van der Waals surface area contributed by atoms with Crippen LogP contribution in [-0.4, -0.2) is 60.2 Å². The van der Waals surface area contributed by atoms with Crippen LogP contribution < -0.4 is 26.8 Å². The summed E-state index contributed by atoms with van der Waals surface area (Å²) in [5, 5.41) is 5.32. The SMILES string of the molecule is Cc1ccccc1NC(=O)Nc1nc(=O)c(N2CCN(CCCCN)CC2)c[nH]1. The zero-order valence-corrected chi connectivity index (χ0v) is 16.8. The summed E-state index contributed by atoms with van der Waals surface area (Å²) in [6.07, 6.45) is 3.75. The molecular weight excluding hydrogens is 370 g/mol. The highest BCUT2D eigenvalue weighted by molar-refractivity contribution is 5.99. The molecule has 3 rings (SSSR count). The molecule has 0 unspecified atom stereocenters. The summed E-state index contributed by atoms with van der Waals surface area (Å²) in [6.45, 7) is 7.03. The predicted octanol–water partition coefficient (Wildman–Crippen LogP) is 1.58. The zero-order valence-electron chi connectivity index (χ0n) is 16.8. The molecule has 1 saturated heterocycles. The van der Waals surface area contributed by atoms with Gasteiger partial charge in [0.2, 0.25) is 5.95 Å². The first-order valence-corrected chi connectivity index (χ1v) is 9.97. The second kappa shape index (κ2) is 10.0. The van der Waals surface area contributed by atoms with Crippen LogP contribution >= 0.6 is 0 Å². The van der Waals surface area contributed by atoms with E-state index in [4.69, 9.17) is 5.73 Å². The van der Waals surface area contributed by atoms with Gasteiger partial charge in [-0.05, 0) is 44.5 Å². The van der Waals surface area contributed by atoms with Gasteiger partial charge in [-0.1, -0.05) is 18.2 Å². The number of unbranched alkanes of at least 4 members (excludes halogenated alkanes) is 1. The normalized spacial score (nSPS) is 14.6. The summed E-state index contributed by atoms with van der Waals surface area (Å²) in [4.78, 5) is 35.9. The van der Waals surface area contributed by atoms with Gasteiger partial charge in [-0.15, -0.1) is 0 Å². The third-order valence-electron chi connectivity index (χ3n) is 5.04. The van der Waals surface area contributed by atoms with E-state index < -0.39 is 6.03 Å². The molecule has 0 aliphatic carbocycles. The molecule has 1 aliphatic heterocycles. The molecule has 9 nitrogen and oxygen atoms in total. The number of urea groups is 1. The van der Waals surface area contributed by atoms with Crippen molar-refractivity contribution in [3.63, 3.8) is 0 Å². The largest absolute Gasteiger partial charge is 0.363 e. The number of aryl methyl sites for hydroxylation is 1.